The molecule has 100 valence electrons. The zero-order valence-electron chi connectivity index (χ0n) is 10.7. The fourth-order valence-corrected chi connectivity index (χ4v) is 1.54. The molecule has 0 aliphatic rings. The predicted molar refractivity (Wildman–Crippen MR) is 68.9 cm³/mol. The van der Waals surface area contributed by atoms with E-state index >= 15 is 0 Å². The Morgan fingerprint density at radius 1 is 1.50 bits per heavy atom. The highest BCUT2D eigenvalue weighted by atomic mass is 35.5. The van der Waals surface area contributed by atoms with Crippen molar-refractivity contribution < 1.29 is 13.9 Å². The van der Waals surface area contributed by atoms with Crippen LogP contribution in [0.2, 0.25) is 5.02 Å². The molecule has 18 heavy (non-hydrogen) atoms. The van der Waals surface area contributed by atoms with Crippen LogP contribution in [0, 0.1) is 5.82 Å². The van der Waals surface area contributed by atoms with E-state index < -0.39 is 23.4 Å². The molecule has 1 unspecified atom stereocenters. The lowest BCUT2D eigenvalue weighted by atomic mass is 10.1. The van der Waals surface area contributed by atoms with Crippen molar-refractivity contribution in [1.82, 2.24) is 0 Å². The molecule has 0 aliphatic heterocycles. The first-order valence-electron chi connectivity index (χ1n) is 5.61. The van der Waals surface area contributed by atoms with Crippen LogP contribution >= 0.6 is 11.6 Å². The number of carbonyl (C=O) groups is 1. The molecule has 5 heteroatoms. The van der Waals surface area contributed by atoms with Crippen molar-refractivity contribution in [2.24, 2.45) is 5.73 Å². The van der Waals surface area contributed by atoms with Gasteiger partial charge in [0.15, 0.2) is 0 Å². The van der Waals surface area contributed by atoms with E-state index in [0.29, 0.717) is 10.6 Å². The van der Waals surface area contributed by atoms with Gasteiger partial charge < -0.3 is 10.5 Å². The first-order chi connectivity index (χ1) is 8.19. The highest BCUT2D eigenvalue weighted by Crippen LogP contribution is 2.16. The second kappa shape index (κ2) is 5.67. The lowest BCUT2D eigenvalue weighted by Gasteiger charge is -2.22. The van der Waals surface area contributed by atoms with Crippen molar-refractivity contribution >= 4 is 17.6 Å². The van der Waals surface area contributed by atoms with E-state index in [0.717, 1.165) is 0 Å². The van der Waals surface area contributed by atoms with Crippen molar-refractivity contribution in [3.8, 4) is 0 Å². The summed E-state index contributed by atoms with van der Waals surface area (Å²) in [5.74, 6) is -1.02. The molecule has 3 nitrogen and oxygen atoms in total. The predicted octanol–water partition coefficient (Wildman–Crippen LogP) is 2.69. The molecule has 0 aliphatic carbocycles. The maximum absolute atomic E-state index is 13.5. The molecule has 0 spiro atoms. The second-order valence-electron chi connectivity index (χ2n) is 5.08. The van der Waals surface area contributed by atoms with E-state index in [1.165, 1.54) is 12.1 Å². The van der Waals surface area contributed by atoms with E-state index in [-0.39, 0.29) is 6.42 Å². The van der Waals surface area contributed by atoms with Gasteiger partial charge in [0.05, 0.1) is 0 Å². The molecule has 1 aromatic carbocycles. The van der Waals surface area contributed by atoms with Gasteiger partial charge in [-0.3, -0.25) is 4.79 Å². The number of nitrogens with two attached hydrogens (primary N) is 1. The summed E-state index contributed by atoms with van der Waals surface area (Å²) in [6.07, 6.45) is 0.0813. The average Bonchev–Trinajstić information content (AvgIpc) is 2.19. The third kappa shape index (κ3) is 4.63. The van der Waals surface area contributed by atoms with Crippen LogP contribution < -0.4 is 5.73 Å². The van der Waals surface area contributed by atoms with E-state index in [9.17, 15) is 9.18 Å². The van der Waals surface area contributed by atoms with Crippen molar-refractivity contribution in [1.29, 1.82) is 0 Å². The van der Waals surface area contributed by atoms with Crippen LogP contribution in [-0.4, -0.2) is 17.6 Å². The van der Waals surface area contributed by atoms with Crippen LogP contribution in [0.25, 0.3) is 0 Å². The molecule has 1 atom stereocenters. The molecule has 0 bridgehead atoms. The molecular formula is C13H17ClFNO2. The van der Waals surface area contributed by atoms with Gasteiger partial charge in [-0.25, -0.2) is 4.39 Å². The van der Waals surface area contributed by atoms with Crippen LogP contribution in [0.4, 0.5) is 4.39 Å². The van der Waals surface area contributed by atoms with Crippen LogP contribution in [0.5, 0.6) is 0 Å². The summed E-state index contributed by atoms with van der Waals surface area (Å²) in [4.78, 5) is 11.6. The molecule has 2 N–H and O–H groups in total. The maximum atomic E-state index is 13.5. The van der Waals surface area contributed by atoms with E-state index in [2.05, 4.69) is 0 Å². The Balaban J connectivity index is 2.69. The highest BCUT2D eigenvalue weighted by molar-refractivity contribution is 6.30. The van der Waals surface area contributed by atoms with Crippen molar-refractivity contribution in [2.45, 2.75) is 38.8 Å². The van der Waals surface area contributed by atoms with Gasteiger partial charge in [-0.2, -0.15) is 0 Å². The molecule has 0 saturated carbocycles. The van der Waals surface area contributed by atoms with Gasteiger partial charge in [0.1, 0.15) is 17.5 Å². The minimum Gasteiger partial charge on any atom is -0.459 e. The minimum atomic E-state index is -0.889. The Labute approximate surface area is 111 Å². The van der Waals surface area contributed by atoms with Crippen molar-refractivity contribution in [3.05, 3.63) is 34.6 Å². The molecule has 0 saturated heterocycles. The number of halogens is 2. The molecule has 1 rings (SSSR count). The normalized spacial score (nSPS) is 13.2. The van der Waals surface area contributed by atoms with E-state index in [1.807, 2.05) is 0 Å². The lowest BCUT2D eigenvalue weighted by molar-refractivity contribution is -0.156. The smallest absolute Gasteiger partial charge is 0.323 e. The average molecular weight is 274 g/mol. The van der Waals surface area contributed by atoms with Gasteiger partial charge in [-0.05, 0) is 38.5 Å². The summed E-state index contributed by atoms with van der Waals surface area (Å²) in [6.45, 7) is 5.25. The van der Waals surface area contributed by atoms with Crippen LogP contribution in [-0.2, 0) is 16.0 Å². The molecular weight excluding hydrogens is 257 g/mol. The first-order valence-corrected chi connectivity index (χ1v) is 5.99. The Kier molecular flexibility index (Phi) is 4.71. The van der Waals surface area contributed by atoms with Gasteiger partial charge in [0.25, 0.3) is 0 Å². The zero-order chi connectivity index (χ0) is 13.9. The van der Waals surface area contributed by atoms with Crippen molar-refractivity contribution in [2.75, 3.05) is 0 Å². The Hall–Kier alpha value is -1.13. The summed E-state index contributed by atoms with van der Waals surface area (Å²) in [6, 6.07) is 3.38. The zero-order valence-corrected chi connectivity index (χ0v) is 11.4. The number of carbonyl (C=O) groups excluding carboxylic acids is 1. The fourth-order valence-electron chi connectivity index (χ4n) is 1.38. The quantitative estimate of drug-likeness (QED) is 0.862. The molecule has 1 aromatic rings. The third-order valence-corrected chi connectivity index (χ3v) is 2.40. The van der Waals surface area contributed by atoms with Crippen LogP contribution in [0.3, 0.4) is 0 Å². The molecule has 0 fully saturated rings. The highest BCUT2D eigenvalue weighted by Gasteiger charge is 2.23. The molecule has 0 amide bonds. The summed E-state index contributed by atoms with van der Waals surface area (Å²) in [5, 5.41) is 0.307. The summed E-state index contributed by atoms with van der Waals surface area (Å²) in [5.41, 5.74) is 5.43. The largest absolute Gasteiger partial charge is 0.459 e. The first kappa shape index (κ1) is 14.9. The minimum absolute atomic E-state index is 0.0813. The molecule has 0 heterocycles. The number of rotatable bonds is 3. The fraction of sp³-hybridized carbons (Fsp3) is 0.462. The number of ether oxygens (including phenoxy) is 1. The van der Waals surface area contributed by atoms with Gasteiger partial charge >= 0.3 is 5.97 Å². The number of benzene rings is 1. The number of hydrogen-bond acceptors (Lipinski definition) is 3. The monoisotopic (exact) mass is 273 g/mol. The summed E-state index contributed by atoms with van der Waals surface area (Å²) >= 11 is 5.64. The van der Waals surface area contributed by atoms with E-state index in [4.69, 9.17) is 22.1 Å². The van der Waals surface area contributed by atoms with Crippen LogP contribution in [0.1, 0.15) is 26.3 Å². The summed E-state index contributed by atoms with van der Waals surface area (Å²) < 4.78 is 18.6. The van der Waals surface area contributed by atoms with Crippen LogP contribution in [0.15, 0.2) is 18.2 Å². The van der Waals surface area contributed by atoms with Gasteiger partial charge in [0, 0.05) is 11.4 Å². The molecule has 0 radical (unpaired) electrons. The number of esters is 1. The topological polar surface area (TPSA) is 52.3 Å². The second-order valence-corrected chi connectivity index (χ2v) is 5.52. The third-order valence-electron chi connectivity index (χ3n) is 2.16. The number of hydrogen-bond donors (Lipinski definition) is 1. The molecule has 0 aromatic heterocycles. The lowest BCUT2D eigenvalue weighted by Crippen LogP contribution is -2.39. The van der Waals surface area contributed by atoms with Gasteiger partial charge in [-0.1, -0.05) is 17.7 Å². The Morgan fingerprint density at radius 3 is 2.61 bits per heavy atom. The van der Waals surface area contributed by atoms with Gasteiger partial charge in [0.2, 0.25) is 0 Å². The Morgan fingerprint density at radius 2 is 2.11 bits per heavy atom. The maximum Gasteiger partial charge on any atom is 0.323 e. The van der Waals surface area contributed by atoms with E-state index in [1.54, 1.807) is 26.8 Å². The van der Waals surface area contributed by atoms with Crippen molar-refractivity contribution in [3.63, 3.8) is 0 Å². The van der Waals surface area contributed by atoms with Gasteiger partial charge in [-0.15, -0.1) is 0 Å². The standard InChI is InChI=1S/C13H17ClFNO2/c1-13(2,3)18-12(17)11(16)6-8-4-5-9(14)7-10(8)15/h4-5,7,11H,6,16H2,1-3H3. The Bertz CT molecular complexity index is 443. The summed E-state index contributed by atoms with van der Waals surface area (Å²) in [7, 11) is 0. The SMILES string of the molecule is CC(C)(C)OC(=O)C(N)Cc1ccc(Cl)cc1F.